The Hall–Kier alpha value is -1.97. The molecule has 0 aliphatic carbocycles. The van der Waals surface area contributed by atoms with E-state index in [1.165, 1.54) is 0 Å². The zero-order valence-electron chi connectivity index (χ0n) is 16.5. The molecule has 0 saturated carbocycles. The van der Waals surface area contributed by atoms with E-state index in [2.05, 4.69) is 52.1 Å². The molecule has 0 amide bonds. The number of hydrogen-bond acceptors (Lipinski definition) is 2. The third kappa shape index (κ3) is 5.79. The van der Waals surface area contributed by atoms with Gasteiger partial charge in [-0.2, -0.15) is 0 Å². The molecular formula is C23H30O2Si. The van der Waals surface area contributed by atoms with Crippen LogP contribution in [0.5, 0.6) is 0 Å². The van der Waals surface area contributed by atoms with Crippen LogP contribution in [0, 0.1) is 0 Å². The lowest BCUT2D eigenvalue weighted by Gasteiger charge is -2.38. The van der Waals surface area contributed by atoms with Crippen molar-refractivity contribution in [1.29, 1.82) is 0 Å². The van der Waals surface area contributed by atoms with Gasteiger partial charge in [0.25, 0.3) is 0 Å². The van der Waals surface area contributed by atoms with Crippen molar-refractivity contribution in [3.05, 3.63) is 77.9 Å². The number of carbonyl (C=O) groups excluding carboxylic acids is 1. The lowest BCUT2D eigenvalue weighted by Crippen LogP contribution is -2.44. The van der Waals surface area contributed by atoms with E-state index in [-0.39, 0.29) is 16.9 Å². The molecule has 138 valence electrons. The Balaban J connectivity index is 2.20. The Kier molecular flexibility index (Phi) is 6.73. The van der Waals surface area contributed by atoms with E-state index in [4.69, 9.17) is 4.43 Å². The molecule has 0 radical (unpaired) electrons. The minimum absolute atomic E-state index is 0.0988. The summed E-state index contributed by atoms with van der Waals surface area (Å²) in [7, 11) is -1.98. The minimum Gasteiger partial charge on any atom is -0.410 e. The molecule has 2 aromatic rings. The monoisotopic (exact) mass is 366 g/mol. The van der Waals surface area contributed by atoms with Gasteiger partial charge >= 0.3 is 0 Å². The summed E-state index contributed by atoms with van der Waals surface area (Å²) >= 11 is 0. The highest BCUT2D eigenvalue weighted by Gasteiger charge is 2.39. The van der Waals surface area contributed by atoms with Crippen molar-refractivity contribution in [2.24, 2.45) is 0 Å². The first kappa shape index (κ1) is 20.3. The van der Waals surface area contributed by atoms with Gasteiger partial charge < -0.3 is 4.43 Å². The van der Waals surface area contributed by atoms with Crippen LogP contribution in [0.25, 0.3) is 6.08 Å². The Labute approximate surface area is 159 Å². The summed E-state index contributed by atoms with van der Waals surface area (Å²) < 4.78 is 6.55. The maximum Gasteiger partial charge on any atom is 0.192 e. The smallest absolute Gasteiger partial charge is 0.192 e. The van der Waals surface area contributed by atoms with Crippen LogP contribution < -0.4 is 0 Å². The molecule has 0 heterocycles. The lowest BCUT2D eigenvalue weighted by atomic mass is 10.0. The van der Waals surface area contributed by atoms with Crippen molar-refractivity contribution in [2.45, 2.75) is 51.4 Å². The SMILES string of the molecule is CC(C)(C)[Si](C)(C)OC(/C=C/c1ccccc1)CC(=O)c1ccccc1. The third-order valence-electron chi connectivity index (χ3n) is 5.04. The Morgan fingerprint density at radius 3 is 2.08 bits per heavy atom. The molecule has 0 aromatic heterocycles. The van der Waals surface area contributed by atoms with Gasteiger partial charge in [-0.05, 0) is 23.7 Å². The van der Waals surface area contributed by atoms with Crippen LogP contribution in [0.1, 0.15) is 43.1 Å². The predicted molar refractivity (Wildman–Crippen MR) is 113 cm³/mol. The zero-order valence-corrected chi connectivity index (χ0v) is 17.5. The van der Waals surface area contributed by atoms with Gasteiger partial charge in [-0.1, -0.05) is 93.6 Å². The lowest BCUT2D eigenvalue weighted by molar-refractivity contribution is 0.0928. The molecule has 2 rings (SSSR count). The number of hydrogen-bond donors (Lipinski definition) is 0. The van der Waals surface area contributed by atoms with E-state index in [0.717, 1.165) is 11.1 Å². The highest BCUT2D eigenvalue weighted by atomic mass is 28.4. The van der Waals surface area contributed by atoms with E-state index in [0.29, 0.717) is 6.42 Å². The molecule has 3 heteroatoms. The molecule has 26 heavy (non-hydrogen) atoms. The van der Waals surface area contributed by atoms with Crippen molar-refractivity contribution >= 4 is 20.2 Å². The standard InChI is InChI=1S/C23H30O2Si/c1-23(2,3)26(4,5)25-21(17-16-19-12-8-6-9-13-19)18-22(24)20-14-10-7-11-15-20/h6-17,21H,18H2,1-5H3/b17-16+. The van der Waals surface area contributed by atoms with Crippen LogP contribution >= 0.6 is 0 Å². The first-order valence-electron chi connectivity index (χ1n) is 9.18. The number of ketones is 1. The molecule has 0 spiro atoms. The summed E-state index contributed by atoms with van der Waals surface area (Å²) in [5, 5.41) is 0.0988. The van der Waals surface area contributed by atoms with Gasteiger partial charge in [-0.25, -0.2) is 0 Å². The Bertz CT molecular complexity index is 728. The Morgan fingerprint density at radius 1 is 1.00 bits per heavy atom. The maximum atomic E-state index is 12.7. The van der Waals surface area contributed by atoms with E-state index in [1.54, 1.807) is 0 Å². The normalized spacial score (nSPS) is 13.7. The van der Waals surface area contributed by atoms with Gasteiger partial charge in [-0.15, -0.1) is 0 Å². The van der Waals surface area contributed by atoms with Gasteiger partial charge in [0.1, 0.15) is 0 Å². The van der Waals surface area contributed by atoms with Gasteiger partial charge in [0.05, 0.1) is 6.10 Å². The fourth-order valence-electron chi connectivity index (χ4n) is 2.41. The quantitative estimate of drug-likeness (QED) is 0.421. The maximum absolute atomic E-state index is 12.7. The van der Waals surface area contributed by atoms with Crippen molar-refractivity contribution < 1.29 is 9.22 Å². The van der Waals surface area contributed by atoms with Gasteiger partial charge in [0.2, 0.25) is 0 Å². The van der Waals surface area contributed by atoms with Gasteiger partial charge in [0.15, 0.2) is 14.1 Å². The summed E-state index contributed by atoms with van der Waals surface area (Å²) in [6.07, 6.45) is 4.23. The average molecular weight is 367 g/mol. The highest BCUT2D eigenvalue weighted by molar-refractivity contribution is 6.74. The van der Waals surface area contributed by atoms with Crippen LogP contribution in [0.15, 0.2) is 66.7 Å². The van der Waals surface area contributed by atoms with Crippen LogP contribution in [0.2, 0.25) is 18.1 Å². The summed E-state index contributed by atoms with van der Waals surface area (Å²) in [5.41, 5.74) is 1.85. The summed E-state index contributed by atoms with van der Waals surface area (Å²) in [6, 6.07) is 19.6. The molecule has 0 fully saturated rings. The second-order valence-electron chi connectivity index (χ2n) is 8.18. The number of benzene rings is 2. The molecule has 0 N–H and O–H groups in total. The van der Waals surface area contributed by atoms with E-state index >= 15 is 0 Å². The first-order chi connectivity index (χ1) is 12.2. The molecular weight excluding hydrogens is 336 g/mol. The molecule has 0 saturated heterocycles. The fraction of sp³-hybridized carbons (Fsp3) is 0.348. The van der Waals surface area contributed by atoms with Crippen molar-refractivity contribution in [2.75, 3.05) is 0 Å². The molecule has 1 atom stereocenters. The van der Waals surface area contributed by atoms with Crippen molar-refractivity contribution in [1.82, 2.24) is 0 Å². The Morgan fingerprint density at radius 2 is 1.54 bits per heavy atom. The fourth-order valence-corrected chi connectivity index (χ4v) is 3.68. The van der Waals surface area contributed by atoms with Crippen LogP contribution in [0.4, 0.5) is 0 Å². The second kappa shape index (κ2) is 8.61. The van der Waals surface area contributed by atoms with Crippen LogP contribution in [-0.2, 0) is 4.43 Å². The van der Waals surface area contributed by atoms with E-state index in [1.807, 2.05) is 54.6 Å². The third-order valence-corrected chi connectivity index (χ3v) is 9.54. The number of Topliss-reactive ketones (excluding diaryl/α,β-unsaturated/α-hetero) is 1. The molecule has 2 aromatic carbocycles. The van der Waals surface area contributed by atoms with Crippen molar-refractivity contribution in [3.63, 3.8) is 0 Å². The number of carbonyl (C=O) groups is 1. The summed E-state index contributed by atoms with van der Waals surface area (Å²) in [6.45, 7) is 11.1. The van der Waals surface area contributed by atoms with E-state index < -0.39 is 8.32 Å². The summed E-state index contributed by atoms with van der Waals surface area (Å²) in [5.74, 6) is 0.118. The van der Waals surface area contributed by atoms with E-state index in [9.17, 15) is 4.79 Å². The molecule has 0 bridgehead atoms. The average Bonchev–Trinajstić information content (AvgIpc) is 2.60. The molecule has 1 unspecified atom stereocenters. The zero-order chi connectivity index (χ0) is 19.2. The molecule has 0 aliphatic rings. The first-order valence-corrected chi connectivity index (χ1v) is 12.1. The highest BCUT2D eigenvalue weighted by Crippen LogP contribution is 2.38. The van der Waals surface area contributed by atoms with Gasteiger partial charge in [-0.3, -0.25) is 4.79 Å². The molecule has 0 aliphatic heterocycles. The summed E-state index contributed by atoms with van der Waals surface area (Å²) in [4.78, 5) is 12.7. The second-order valence-corrected chi connectivity index (χ2v) is 12.9. The van der Waals surface area contributed by atoms with Crippen molar-refractivity contribution in [3.8, 4) is 0 Å². The number of rotatable bonds is 7. The molecule has 2 nitrogen and oxygen atoms in total. The van der Waals surface area contributed by atoms with Gasteiger partial charge in [0, 0.05) is 12.0 Å². The largest absolute Gasteiger partial charge is 0.410 e. The van der Waals surface area contributed by atoms with Crippen LogP contribution in [0.3, 0.4) is 0 Å². The van der Waals surface area contributed by atoms with Crippen LogP contribution in [-0.4, -0.2) is 20.2 Å². The minimum atomic E-state index is -1.98. The predicted octanol–water partition coefficient (Wildman–Crippen LogP) is 6.36. The topological polar surface area (TPSA) is 26.3 Å².